The van der Waals surface area contributed by atoms with Crippen molar-refractivity contribution in [1.29, 1.82) is 0 Å². The molecule has 4 nitrogen and oxygen atoms in total. The lowest BCUT2D eigenvalue weighted by Crippen LogP contribution is -2.53. The van der Waals surface area contributed by atoms with E-state index in [4.69, 9.17) is 0 Å². The Labute approximate surface area is 122 Å². The minimum atomic E-state index is -0.333. The summed E-state index contributed by atoms with van der Waals surface area (Å²) in [5.74, 6) is 1.16. The number of rotatable bonds is 5. The number of hydrogen-bond acceptors (Lipinski definition) is 3. The summed E-state index contributed by atoms with van der Waals surface area (Å²) in [6, 6.07) is 0. The molecule has 3 N–H and O–H groups in total. The van der Waals surface area contributed by atoms with E-state index >= 15 is 0 Å². The maximum absolute atomic E-state index is 12.3. The van der Waals surface area contributed by atoms with Crippen molar-refractivity contribution in [3.05, 3.63) is 0 Å². The molecule has 116 valence electrons. The molecule has 2 fully saturated rings. The molecule has 0 radical (unpaired) electrons. The van der Waals surface area contributed by atoms with Gasteiger partial charge >= 0.3 is 0 Å². The van der Waals surface area contributed by atoms with Crippen LogP contribution in [0.4, 0.5) is 0 Å². The molecule has 1 amide bonds. The Hall–Kier alpha value is -0.610. The van der Waals surface area contributed by atoms with Crippen LogP contribution in [0.5, 0.6) is 0 Å². The van der Waals surface area contributed by atoms with Crippen LogP contribution in [0.25, 0.3) is 0 Å². The fourth-order valence-corrected chi connectivity index (χ4v) is 3.72. The van der Waals surface area contributed by atoms with E-state index in [0.717, 1.165) is 38.8 Å². The highest BCUT2D eigenvalue weighted by Crippen LogP contribution is 2.29. The van der Waals surface area contributed by atoms with Crippen LogP contribution in [0.3, 0.4) is 0 Å². The molecule has 2 atom stereocenters. The fourth-order valence-electron chi connectivity index (χ4n) is 3.72. The van der Waals surface area contributed by atoms with Crippen molar-refractivity contribution in [2.24, 2.45) is 11.8 Å². The topological polar surface area (TPSA) is 61.4 Å². The second-order valence-electron chi connectivity index (χ2n) is 6.84. The number of piperidine rings is 1. The van der Waals surface area contributed by atoms with Crippen molar-refractivity contribution in [3.63, 3.8) is 0 Å². The third kappa shape index (κ3) is 4.19. The number of carbonyl (C=O) groups is 1. The molecule has 2 aliphatic rings. The Balaban J connectivity index is 1.81. The monoisotopic (exact) mass is 282 g/mol. The zero-order valence-corrected chi connectivity index (χ0v) is 12.8. The van der Waals surface area contributed by atoms with Crippen molar-refractivity contribution in [2.75, 3.05) is 19.7 Å². The van der Waals surface area contributed by atoms with E-state index in [-0.39, 0.29) is 18.1 Å². The van der Waals surface area contributed by atoms with Crippen molar-refractivity contribution < 1.29 is 9.90 Å². The Kier molecular flexibility index (Phi) is 5.85. The maximum Gasteiger partial charge on any atom is 0.220 e. The first-order valence-corrected chi connectivity index (χ1v) is 8.28. The average Bonchev–Trinajstić information content (AvgIpc) is 2.49. The second kappa shape index (κ2) is 7.41. The lowest BCUT2D eigenvalue weighted by molar-refractivity contribution is -0.125. The van der Waals surface area contributed by atoms with Crippen molar-refractivity contribution in [1.82, 2.24) is 10.6 Å². The summed E-state index contributed by atoms with van der Waals surface area (Å²) in [6.07, 6.45) is 8.34. The standard InChI is InChI=1S/C16H30N2O2/c1-13(14-6-5-9-17-11-14)10-15(20)18-16(12-19)7-3-2-4-8-16/h13-14,17,19H,2-12H2,1H3,(H,18,20). The highest BCUT2D eigenvalue weighted by molar-refractivity contribution is 5.77. The van der Waals surface area contributed by atoms with Crippen LogP contribution in [-0.2, 0) is 4.79 Å². The first kappa shape index (κ1) is 15.8. The number of amides is 1. The lowest BCUT2D eigenvalue weighted by Gasteiger charge is -2.37. The Bertz CT molecular complexity index is 308. The molecule has 1 aliphatic carbocycles. The molecule has 1 aliphatic heterocycles. The summed E-state index contributed by atoms with van der Waals surface area (Å²) in [5.41, 5.74) is -0.333. The van der Waals surface area contributed by atoms with Crippen LogP contribution in [0.15, 0.2) is 0 Å². The summed E-state index contributed by atoms with van der Waals surface area (Å²) in [4.78, 5) is 12.3. The van der Waals surface area contributed by atoms with Crippen molar-refractivity contribution in [2.45, 2.75) is 63.8 Å². The van der Waals surface area contributed by atoms with Gasteiger partial charge in [0.05, 0.1) is 12.1 Å². The zero-order chi connectivity index (χ0) is 14.4. The van der Waals surface area contributed by atoms with E-state index in [1.807, 2.05) is 0 Å². The normalized spacial score (nSPS) is 27.8. The zero-order valence-electron chi connectivity index (χ0n) is 12.8. The van der Waals surface area contributed by atoms with Crippen LogP contribution < -0.4 is 10.6 Å². The third-order valence-corrected chi connectivity index (χ3v) is 5.17. The average molecular weight is 282 g/mol. The van der Waals surface area contributed by atoms with E-state index < -0.39 is 0 Å². The van der Waals surface area contributed by atoms with Gasteiger partial charge < -0.3 is 15.7 Å². The minimum Gasteiger partial charge on any atom is -0.394 e. The molecule has 4 heteroatoms. The van der Waals surface area contributed by atoms with Gasteiger partial charge in [0.25, 0.3) is 0 Å². The van der Waals surface area contributed by atoms with Crippen LogP contribution in [0.2, 0.25) is 0 Å². The molecule has 0 aromatic heterocycles. The third-order valence-electron chi connectivity index (χ3n) is 5.17. The first-order valence-electron chi connectivity index (χ1n) is 8.28. The summed E-state index contributed by atoms with van der Waals surface area (Å²) >= 11 is 0. The number of hydrogen-bond donors (Lipinski definition) is 3. The van der Waals surface area contributed by atoms with Gasteiger partial charge in [0.2, 0.25) is 5.91 Å². The molecular weight excluding hydrogens is 252 g/mol. The van der Waals surface area contributed by atoms with Gasteiger partial charge in [-0.3, -0.25) is 4.79 Å². The number of nitrogens with one attached hydrogen (secondary N) is 2. The van der Waals surface area contributed by atoms with E-state index in [9.17, 15) is 9.90 Å². The van der Waals surface area contributed by atoms with Gasteiger partial charge in [-0.05, 0) is 50.6 Å². The van der Waals surface area contributed by atoms with E-state index in [2.05, 4.69) is 17.6 Å². The van der Waals surface area contributed by atoms with Gasteiger partial charge in [0.1, 0.15) is 0 Å². The van der Waals surface area contributed by atoms with Crippen LogP contribution in [-0.4, -0.2) is 36.2 Å². The quantitative estimate of drug-likeness (QED) is 0.721. The Morgan fingerprint density at radius 2 is 2.10 bits per heavy atom. The van der Waals surface area contributed by atoms with E-state index in [1.54, 1.807) is 0 Å². The molecule has 20 heavy (non-hydrogen) atoms. The van der Waals surface area contributed by atoms with E-state index in [0.29, 0.717) is 18.3 Å². The van der Waals surface area contributed by atoms with Crippen LogP contribution in [0, 0.1) is 11.8 Å². The SMILES string of the molecule is CC(CC(=O)NC1(CO)CCCCC1)C1CCCNC1. The molecule has 0 aromatic carbocycles. The summed E-state index contributed by atoms with van der Waals surface area (Å²) < 4.78 is 0. The van der Waals surface area contributed by atoms with E-state index in [1.165, 1.54) is 19.3 Å². The number of aliphatic hydroxyl groups is 1. The molecule has 0 spiro atoms. The molecule has 1 saturated carbocycles. The summed E-state index contributed by atoms with van der Waals surface area (Å²) in [6.45, 7) is 4.42. The van der Waals surface area contributed by atoms with Gasteiger partial charge in [-0.1, -0.05) is 26.2 Å². The predicted molar refractivity (Wildman–Crippen MR) is 80.4 cm³/mol. The van der Waals surface area contributed by atoms with Crippen LogP contribution >= 0.6 is 0 Å². The molecule has 0 aromatic rings. The fraction of sp³-hybridized carbons (Fsp3) is 0.938. The molecule has 1 saturated heterocycles. The van der Waals surface area contributed by atoms with Gasteiger partial charge in [0.15, 0.2) is 0 Å². The number of aliphatic hydroxyl groups excluding tert-OH is 1. The molecule has 2 unspecified atom stereocenters. The minimum absolute atomic E-state index is 0.0815. The number of carbonyl (C=O) groups excluding carboxylic acids is 1. The van der Waals surface area contributed by atoms with Crippen molar-refractivity contribution in [3.8, 4) is 0 Å². The van der Waals surface area contributed by atoms with Gasteiger partial charge in [-0.25, -0.2) is 0 Å². The lowest BCUT2D eigenvalue weighted by atomic mass is 9.81. The van der Waals surface area contributed by atoms with Gasteiger partial charge in [-0.2, -0.15) is 0 Å². The molecule has 0 bridgehead atoms. The van der Waals surface area contributed by atoms with Gasteiger partial charge in [-0.15, -0.1) is 0 Å². The maximum atomic E-state index is 12.3. The second-order valence-corrected chi connectivity index (χ2v) is 6.84. The van der Waals surface area contributed by atoms with Crippen molar-refractivity contribution >= 4 is 5.91 Å². The molecular formula is C16H30N2O2. The highest BCUT2D eigenvalue weighted by Gasteiger charge is 2.33. The molecule has 1 heterocycles. The Morgan fingerprint density at radius 3 is 2.70 bits per heavy atom. The smallest absolute Gasteiger partial charge is 0.220 e. The molecule has 2 rings (SSSR count). The van der Waals surface area contributed by atoms with Crippen LogP contribution in [0.1, 0.15) is 58.3 Å². The highest BCUT2D eigenvalue weighted by atomic mass is 16.3. The van der Waals surface area contributed by atoms with Gasteiger partial charge in [0, 0.05) is 6.42 Å². The largest absolute Gasteiger partial charge is 0.394 e. The first-order chi connectivity index (χ1) is 9.65. The summed E-state index contributed by atoms with van der Waals surface area (Å²) in [7, 11) is 0. The predicted octanol–water partition coefficient (Wildman–Crippen LogP) is 1.82. The Morgan fingerprint density at radius 1 is 1.35 bits per heavy atom. The summed E-state index contributed by atoms with van der Waals surface area (Å²) in [5, 5.41) is 16.2.